The Hall–Kier alpha value is -7.40. The summed E-state index contributed by atoms with van der Waals surface area (Å²) in [5.74, 6) is -0.190. The van der Waals surface area contributed by atoms with E-state index in [9.17, 15) is 28.8 Å². The van der Waals surface area contributed by atoms with E-state index in [1.807, 2.05) is 140 Å². The van der Waals surface area contributed by atoms with Crippen molar-refractivity contribution < 1.29 is 61.7 Å². The summed E-state index contributed by atoms with van der Waals surface area (Å²) in [7, 11) is 0. The molecule has 2 aromatic carbocycles. The Morgan fingerprint density at radius 3 is 1.42 bits per heavy atom. The molecule has 464 valence electrons. The minimum atomic E-state index is -0.922. The van der Waals surface area contributed by atoms with Crippen LogP contribution in [0.3, 0.4) is 0 Å². The Morgan fingerprint density at radius 2 is 1.02 bits per heavy atom. The molecule has 6 aromatic rings. The molecular formula is C62H86N8O13S2. The van der Waals surface area contributed by atoms with Crippen molar-refractivity contribution in [2.75, 3.05) is 37.2 Å². The van der Waals surface area contributed by atoms with E-state index in [2.05, 4.69) is 10.3 Å². The van der Waals surface area contributed by atoms with Crippen molar-refractivity contribution in [2.45, 2.75) is 198 Å². The number of anilines is 2. The van der Waals surface area contributed by atoms with E-state index in [1.54, 1.807) is 35.5 Å². The van der Waals surface area contributed by atoms with Gasteiger partial charge in [0.15, 0.2) is 11.2 Å². The molecule has 2 aliphatic rings. The smallest absolute Gasteiger partial charge is 0.410 e. The van der Waals surface area contributed by atoms with Crippen molar-refractivity contribution in [3.8, 4) is 22.9 Å². The van der Waals surface area contributed by atoms with Gasteiger partial charge in [-0.1, -0.05) is 24.3 Å². The number of nitrogens with zero attached hydrogens (tertiary/aromatic N) is 6. The van der Waals surface area contributed by atoms with Gasteiger partial charge in [0.25, 0.3) is 0 Å². The van der Waals surface area contributed by atoms with Gasteiger partial charge in [-0.05, 0) is 172 Å². The lowest BCUT2D eigenvalue weighted by Gasteiger charge is -2.30. The van der Waals surface area contributed by atoms with Crippen LogP contribution in [-0.4, -0.2) is 132 Å². The monoisotopic (exact) mass is 1210 g/mol. The number of para-hydroxylation sites is 2. The predicted octanol–water partition coefficient (Wildman–Crippen LogP) is 14.0. The molecule has 0 fully saturated rings. The number of aromatic nitrogens is 2. The fourth-order valence-corrected chi connectivity index (χ4v) is 11.5. The molecule has 0 saturated carbocycles. The fourth-order valence-electron chi connectivity index (χ4n) is 9.12. The van der Waals surface area contributed by atoms with Gasteiger partial charge in [0, 0.05) is 54.4 Å². The number of nitrogens with two attached hydrogens (primary N) is 1. The number of carboxylic acid groups (broad SMARTS) is 1. The van der Waals surface area contributed by atoms with Crippen LogP contribution in [0.2, 0.25) is 0 Å². The number of benzene rings is 2. The number of fused-ring (bicyclic) bond motifs is 4. The zero-order valence-corrected chi connectivity index (χ0v) is 54.2. The number of amides is 5. The van der Waals surface area contributed by atoms with Crippen molar-refractivity contribution in [3.63, 3.8) is 0 Å². The second kappa shape index (κ2) is 26.9. The van der Waals surface area contributed by atoms with Crippen LogP contribution in [0.1, 0.15) is 156 Å². The first kappa shape index (κ1) is 66.7. The number of nitrogens with one attached hydrogen (secondary N) is 1. The molecule has 0 radical (unpaired) electrons. The van der Waals surface area contributed by atoms with Gasteiger partial charge in [0.2, 0.25) is 17.7 Å². The number of carbonyl (C=O) groups is 6. The van der Waals surface area contributed by atoms with Crippen molar-refractivity contribution in [3.05, 3.63) is 68.4 Å². The Bertz CT molecular complexity index is 3380. The molecule has 8 rings (SSSR count). The van der Waals surface area contributed by atoms with Crippen molar-refractivity contribution >= 4 is 91.1 Å². The second-order valence-corrected chi connectivity index (χ2v) is 27.9. The summed E-state index contributed by atoms with van der Waals surface area (Å²) in [4.78, 5) is 91.3. The lowest BCUT2D eigenvalue weighted by Crippen LogP contribution is -2.42. The van der Waals surface area contributed by atoms with Crippen LogP contribution in [0, 0.1) is 13.8 Å². The summed E-state index contributed by atoms with van der Waals surface area (Å²) < 4.78 is 34.0. The highest BCUT2D eigenvalue weighted by Gasteiger charge is 2.35. The fraction of sp³-hybridized carbons (Fsp3) is 0.548. The highest BCUT2D eigenvalue weighted by atomic mass is 32.1. The maximum Gasteiger partial charge on any atom is 0.410 e. The van der Waals surface area contributed by atoms with Crippen LogP contribution >= 0.6 is 22.7 Å². The van der Waals surface area contributed by atoms with Crippen LogP contribution in [0.25, 0.3) is 45.1 Å². The Kier molecular flexibility index (Phi) is 21.1. The van der Waals surface area contributed by atoms with E-state index in [0.29, 0.717) is 66.4 Å². The lowest BCUT2D eigenvalue weighted by molar-refractivity contribution is -0.137. The third kappa shape index (κ3) is 18.3. The standard InChI is InChI=1S/C31H42N4O6S.C20H23N3O3S.C11H21NO4/c1-18(2)35(29(38)41-31(7,8)9)16-14-23(36)32-27-24(26-33-25-19(3)11-10-12-21(25)39-26)20-13-15-34(17-22(20)42-27)28(37)40-30(4,5)6;1-11-6-5-7-13-16(11)22-18(25-13)15-12-8-9-23(10-14(12)27-17(15)21)19(24)26-20(2,3)4;1-8(2)12(7-6-9(13)14)10(15)16-11(3,4)5/h10-12,18H,13-17H2,1-9H3,(H,32,36);5-7H,8-10,21H2,1-4H3;8H,6-7H2,1-5H3,(H,13,14). The molecule has 0 unspecified atom stereocenters. The Morgan fingerprint density at radius 1 is 0.624 bits per heavy atom. The zero-order chi connectivity index (χ0) is 63.3. The van der Waals surface area contributed by atoms with E-state index < -0.39 is 40.6 Å². The van der Waals surface area contributed by atoms with Gasteiger partial charge in [-0.15, -0.1) is 22.7 Å². The molecule has 0 atom stereocenters. The molecule has 5 amide bonds. The first-order valence-electron chi connectivity index (χ1n) is 28.6. The number of thiophene rings is 2. The number of carboxylic acids is 1. The number of oxazole rings is 2. The number of hydrogen-bond acceptors (Lipinski definition) is 17. The van der Waals surface area contributed by atoms with Gasteiger partial charge in [0.1, 0.15) is 38.4 Å². The van der Waals surface area contributed by atoms with Crippen LogP contribution in [0.4, 0.5) is 29.2 Å². The second-order valence-electron chi connectivity index (χ2n) is 25.6. The van der Waals surface area contributed by atoms with Crippen LogP contribution < -0.4 is 11.1 Å². The van der Waals surface area contributed by atoms with E-state index in [0.717, 1.165) is 59.8 Å². The normalized spacial score (nSPS) is 13.5. The number of aliphatic carboxylic acids is 1. The zero-order valence-electron chi connectivity index (χ0n) is 52.6. The maximum absolute atomic E-state index is 13.3. The van der Waals surface area contributed by atoms with Crippen molar-refractivity contribution in [1.82, 2.24) is 29.6 Å². The molecule has 6 heterocycles. The molecule has 23 heteroatoms. The molecule has 4 aromatic heterocycles. The molecule has 0 spiro atoms. The number of aryl methyl sites for hydroxylation is 2. The number of rotatable bonds is 11. The third-order valence-corrected chi connectivity index (χ3v) is 15.2. The molecule has 21 nitrogen and oxygen atoms in total. The summed E-state index contributed by atoms with van der Waals surface area (Å²) in [6, 6.07) is 11.4. The van der Waals surface area contributed by atoms with Crippen LogP contribution in [0.5, 0.6) is 0 Å². The first-order chi connectivity index (χ1) is 39.4. The summed E-state index contributed by atoms with van der Waals surface area (Å²) in [6.45, 7) is 35.6. The van der Waals surface area contributed by atoms with Crippen LogP contribution in [-0.2, 0) is 54.5 Å². The SMILES string of the molecule is CC(C)N(CCC(=O)O)C(=O)OC(C)(C)C.Cc1cccc2oc(-c3c(N)sc4c3CCN(C(=O)OC(C)(C)C)C4)nc12.Cc1cccc2oc(-c3c(NC(=O)CCN(C(=O)OC(C)(C)C)C(C)C)sc4c3CCN(C(=O)OC(C)(C)C)C4)nc12. The molecule has 2 aliphatic heterocycles. The van der Waals surface area contributed by atoms with E-state index in [-0.39, 0.29) is 56.1 Å². The van der Waals surface area contributed by atoms with E-state index in [1.165, 1.54) is 27.6 Å². The summed E-state index contributed by atoms with van der Waals surface area (Å²) in [5.41, 5.74) is 12.8. The minimum Gasteiger partial charge on any atom is -0.481 e. The number of hydrogen-bond donors (Lipinski definition) is 3. The van der Waals surface area contributed by atoms with Gasteiger partial charge in [-0.2, -0.15) is 0 Å². The average molecular weight is 1220 g/mol. The number of nitrogen functional groups attached to an aromatic ring is 1. The lowest BCUT2D eigenvalue weighted by atomic mass is 10.0. The predicted molar refractivity (Wildman–Crippen MR) is 331 cm³/mol. The van der Waals surface area contributed by atoms with Crippen molar-refractivity contribution in [2.24, 2.45) is 0 Å². The summed E-state index contributed by atoms with van der Waals surface area (Å²) >= 11 is 2.90. The van der Waals surface area contributed by atoms with Gasteiger partial charge >= 0.3 is 30.3 Å². The summed E-state index contributed by atoms with van der Waals surface area (Å²) in [6.07, 6.45) is -0.317. The van der Waals surface area contributed by atoms with E-state index in [4.69, 9.17) is 43.6 Å². The van der Waals surface area contributed by atoms with Gasteiger partial charge in [0.05, 0.1) is 35.6 Å². The van der Waals surface area contributed by atoms with Crippen molar-refractivity contribution in [1.29, 1.82) is 0 Å². The Balaban J connectivity index is 0.000000229. The highest BCUT2D eigenvalue weighted by Crippen LogP contribution is 2.45. The van der Waals surface area contributed by atoms with Gasteiger partial charge in [-0.25, -0.2) is 29.1 Å². The average Bonchev–Trinajstić information content (AvgIpc) is 1.79. The number of ether oxygens (including phenoxy) is 4. The largest absolute Gasteiger partial charge is 0.481 e. The third-order valence-electron chi connectivity index (χ3n) is 13.0. The molecule has 4 N–H and O–H groups in total. The topological polar surface area (TPSA) is 263 Å². The van der Waals surface area contributed by atoms with Gasteiger partial charge < -0.3 is 63.5 Å². The van der Waals surface area contributed by atoms with Crippen LogP contribution in [0.15, 0.2) is 45.2 Å². The summed E-state index contributed by atoms with van der Waals surface area (Å²) in [5, 5.41) is 12.9. The molecule has 0 bridgehead atoms. The Labute approximate surface area is 506 Å². The highest BCUT2D eigenvalue weighted by molar-refractivity contribution is 7.17. The maximum atomic E-state index is 13.3. The molecular weight excluding hydrogens is 1130 g/mol. The quantitative estimate of drug-likeness (QED) is 0.102. The number of carbonyl (C=O) groups excluding carboxylic acids is 5. The molecule has 85 heavy (non-hydrogen) atoms. The van der Waals surface area contributed by atoms with Gasteiger partial charge in [-0.3, -0.25) is 9.59 Å². The minimum absolute atomic E-state index is 0.0720. The van der Waals surface area contributed by atoms with E-state index >= 15 is 0 Å². The molecule has 0 saturated heterocycles. The first-order valence-corrected chi connectivity index (χ1v) is 30.3. The molecule has 0 aliphatic carbocycles.